The Balaban J connectivity index is 1.79. The quantitative estimate of drug-likeness (QED) is 0.864. The van der Waals surface area contributed by atoms with Gasteiger partial charge in [0.25, 0.3) is 5.91 Å². The molecule has 4 nitrogen and oxygen atoms in total. The molecule has 23 heavy (non-hydrogen) atoms. The number of nitriles is 1. The zero-order chi connectivity index (χ0) is 16.7. The number of ether oxygens (including phenoxy) is 1. The van der Waals surface area contributed by atoms with Gasteiger partial charge in [0.15, 0.2) is 6.61 Å². The first kappa shape index (κ1) is 17.1. The van der Waals surface area contributed by atoms with E-state index < -0.39 is 0 Å². The maximum Gasteiger partial charge on any atom is 0.258 e. The number of amides is 1. The summed E-state index contributed by atoms with van der Waals surface area (Å²) in [6.07, 6.45) is 0.350. The molecule has 1 N–H and O–H groups in total. The summed E-state index contributed by atoms with van der Waals surface area (Å²) in [5, 5.41) is 12.4. The molecular formula is C17H14Cl2N2O2. The van der Waals surface area contributed by atoms with Crippen LogP contribution >= 0.6 is 23.2 Å². The molecule has 0 aliphatic carbocycles. The summed E-state index contributed by atoms with van der Waals surface area (Å²) < 4.78 is 5.39. The molecule has 0 fully saturated rings. The first-order valence-electron chi connectivity index (χ1n) is 6.88. The summed E-state index contributed by atoms with van der Waals surface area (Å²) >= 11 is 11.9. The van der Waals surface area contributed by atoms with E-state index in [-0.39, 0.29) is 12.5 Å². The Morgan fingerprint density at radius 3 is 2.57 bits per heavy atom. The summed E-state index contributed by atoms with van der Waals surface area (Å²) in [5.74, 6) is 0.323. The standard InChI is InChI=1S/C17H14Cl2N2O2/c18-14-4-3-13(16(19)9-14)10-21-17(22)11-23-15-5-1-12(2-6-15)7-8-20/h1-6,9H,7,10-11H2,(H,21,22). The van der Waals surface area contributed by atoms with Crippen molar-refractivity contribution >= 4 is 29.1 Å². The van der Waals surface area contributed by atoms with Crippen LogP contribution in [0.15, 0.2) is 42.5 Å². The van der Waals surface area contributed by atoms with Gasteiger partial charge in [-0.25, -0.2) is 0 Å². The average molecular weight is 349 g/mol. The van der Waals surface area contributed by atoms with Crippen molar-refractivity contribution < 1.29 is 9.53 Å². The Labute approximate surface area is 144 Å². The molecule has 2 aromatic carbocycles. The van der Waals surface area contributed by atoms with Crippen molar-refractivity contribution in [3.8, 4) is 11.8 Å². The van der Waals surface area contributed by atoms with Crippen molar-refractivity contribution in [2.45, 2.75) is 13.0 Å². The van der Waals surface area contributed by atoms with Gasteiger partial charge < -0.3 is 10.1 Å². The second kappa shape index (κ2) is 8.42. The van der Waals surface area contributed by atoms with Crippen LogP contribution in [0.1, 0.15) is 11.1 Å². The summed E-state index contributed by atoms with van der Waals surface area (Å²) in [6.45, 7) is 0.210. The van der Waals surface area contributed by atoms with Crippen molar-refractivity contribution in [1.82, 2.24) is 5.32 Å². The van der Waals surface area contributed by atoms with Gasteiger partial charge in [-0.05, 0) is 35.4 Å². The molecule has 0 saturated heterocycles. The van der Waals surface area contributed by atoms with E-state index in [1.54, 1.807) is 42.5 Å². The van der Waals surface area contributed by atoms with Crippen molar-refractivity contribution in [3.05, 3.63) is 63.6 Å². The van der Waals surface area contributed by atoms with E-state index in [2.05, 4.69) is 11.4 Å². The molecule has 118 valence electrons. The number of carbonyl (C=O) groups excluding carboxylic acids is 1. The van der Waals surface area contributed by atoms with Crippen LogP contribution in [0.5, 0.6) is 5.75 Å². The topological polar surface area (TPSA) is 62.1 Å². The molecule has 2 rings (SSSR count). The normalized spacial score (nSPS) is 9.96. The minimum atomic E-state index is -0.253. The number of halogens is 2. The molecule has 0 spiro atoms. The molecular weight excluding hydrogens is 335 g/mol. The number of hydrogen-bond donors (Lipinski definition) is 1. The number of rotatable bonds is 6. The Hall–Kier alpha value is -2.22. The maximum atomic E-state index is 11.8. The highest BCUT2D eigenvalue weighted by Crippen LogP contribution is 2.20. The lowest BCUT2D eigenvalue weighted by Crippen LogP contribution is -2.28. The maximum absolute atomic E-state index is 11.8. The molecule has 0 aromatic heterocycles. The molecule has 0 saturated carbocycles. The number of carbonyl (C=O) groups is 1. The zero-order valence-electron chi connectivity index (χ0n) is 12.2. The largest absolute Gasteiger partial charge is 0.484 e. The fraction of sp³-hybridized carbons (Fsp3) is 0.176. The van der Waals surface area contributed by atoms with Gasteiger partial charge in [-0.1, -0.05) is 41.4 Å². The third kappa shape index (κ3) is 5.48. The Morgan fingerprint density at radius 1 is 1.17 bits per heavy atom. The van der Waals surface area contributed by atoms with E-state index in [0.29, 0.717) is 28.8 Å². The number of nitrogens with one attached hydrogen (secondary N) is 1. The van der Waals surface area contributed by atoms with Gasteiger partial charge in [-0.15, -0.1) is 0 Å². The molecule has 0 atom stereocenters. The first-order chi connectivity index (χ1) is 11.1. The number of benzene rings is 2. The highest BCUT2D eigenvalue weighted by molar-refractivity contribution is 6.35. The lowest BCUT2D eigenvalue weighted by Gasteiger charge is -2.09. The molecule has 0 unspecified atom stereocenters. The van der Waals surface area contributed by atoms with E-state index >= 15 is 0 Å². The molecule has 0 bridgehead atoms. The zero-order valence-corrected chi connectivity index (χ0v) is 13.7. The van der Waals surface area contributed by atoms with Crippen LogP contribution in [-0.4, -0.2) is 12.5 Å². The number of nitrogens with zero attached hydrogens (tertiary/aromatic N) is 1. The van der Waals surface area contributed by atoms with Gasteiger partial charge in [0.05, 0.1) is 12.5 Å². The van der Waals surface area contributed by atoms with Crippen LogP contribution in [-0.2, 0) is 17.8 Å². The highest BCUT2D eigenvalue weighted by atomic mass is 35.5. The molecule has 0 heterocycles. The van der Waals surface area contributed by atoms with Gasteiger partial charge in [-0.2, -0.15) is 5.26 Å². The summed E-state index contributed by atoms with van der Waals surface area (Å²) in [5.41, 5.74) is 1.69. The molecule has 0 aliphatic rings. The average Bonchev–Trinajstić information content (AvgIpc) is 2.54. The van der Waals surface area contributed by atoms with Crippen LogP contribution in [0.2, 0.25) is 10.0 Å². The summed E-state index contributed by atoms with van der Waals surface area (Å²) in [6, 6.07) is 14.2. The SMILES string of the molecule is N#CCc1ccc(OCC(=O)NCc2ccc(Cl)cc2Cl)cc1. The van der Waals surface area contributed by atoms with Crippen molar-refractivity contribution in [2.75, 3.05) is 6.61 Å². The van der Waals surface area contributed by atoms with Crippen LogP contribution in [0.3, 0.4) is 0 Å². The Bertz CT molecular complexity index is 724. The third-order valence-corrected chi connectivity index (χ3v) is 3.65. The molecule has 1 amide bonds. The van der Waals surface area contributed by atoms with Gasteiger partial charge in [0.1, 0.15) is 5.75 Å². The van der Waals surface area contributed by atoms with Crippen molar-refractivity contribution in [1.29, 1.82) is 5.26 Å². The summed E-state index contributed by atoms with van der Waals surface area (Å²) in [4.78, 5) is 11.8. The van der Waals surface area contributed by atoms with Crippen molar-refractivity contribution in [3.63, 3.8) is 0 Å². The lowest BCUT2D eigenvalue weighted by atomic mass is 10.2. The van der Waals surface area contributed by atoms with E-state index in [9.17, 15) is 4.79 Å². The number of hydrogen-bond acceptors (Lipinski definition) is 3. The van der Waals surface area contributed by atoms with Gasteiger partial charge >= 0.3 is 0 Å². The molecule has 2 aromatic rings. The minimum absolute atomic E-state index is 0.0944. The third-order valence-electron chi connectivity index (χ3n) is 3.07. The van der Waals surface area contributed by atoms with Gasteiger partial charge in [0, 0.05) is 16.6 Å². The van der Waals surface area contributed by atoms with Gasteiger partial charge in [0.2, 0.25) is 0 Å². The van der Waals surface area contributed by atoms with E-state index in [1.165, 1.54) is 0 Å². The Morgan fingerprint density at radius 2 is 1.91 bits per heavy atom. The highest BCUT2D eigenvalue weighted by Gasteiger charge is 2.06. The fourth-order valence-corrected chi connectivity index (χ4v) is 2.33. The minimum Gasteiger partial charge on any atom is -0.484 e. The van der Waals surface area contributed by atoms with Crippen LogP contribution in [0.4, 0.5) is 0 Å². The summed E-state index contributed by atoms with van der Waals surface area (Å²) in [7, 11) is 0. The van der Waals surface area contributed by atoms with Crippen LogP contribution in [0, 0.1) is 11.3 Å². The second-order valence-corrected chi connectivity index (χ2v) is 5.62. The second-order valence-electron chi connectivity index (χ2n) is 4.78. The van der Waals surface area contributed by atoms with Gasteiger partial charge in [-0.3, -0.25) is 4.79 Å². The van der Waals surface area contributed by atoms with Crippen molar-refractivity contribution in [2.24, 2.45) is 0 Å². The fourth-order valence-electron chi connectivity index (χ4n) is 1.85. The molecule has 0 aliphatic heterocycles. The van der Waals surface area contributed by atoms with E-state index in [0.717, 1.165) is 11.1 Å². The van der Waals surface area contributed by atoms with Crippen LogP contribution in [0.25, 0.3) is 0 Å². The van der Waals surface area contributed by atoms with E-state index in [1.807, 2.05) is 0 Å². The molecule has 0 radical (unpaired) electrons. The smallest absolute Gasteiger partial charge is 0.258 e. The van der Waals surface area contributed by atoms with Crippen LogP contribution < -0.4 is 10.1 Å². The predicted molar refractivity (Wildman–Crippen MR) is 89.6 cm³/mol. The van der Waals surface area contributed by atoms with E-state index in [4.69, 9.17) is 33.2 Å². The predicted octanol–water partition coefficient (Wildman–Crippen LogP) is 3.75. The lowest BCUT2D eigenvalue weighted by molar-refractivity contribution is -0.123. The first-order valence-corrected chi connectivity index (χ1v) is 7.63. The monoisotopic (exact) mass is 348 g/mol. The Kier molecular flexibility index (Phi) is 6.28. The molecule has 6 heteroatoms.